The van der Waals surface area contributed by atoms with Crippen LogP contribution in [0.1, 0.15) is 25.3 Å². The second kappa shape index (κ2) is 4.60. The summed E-state index contributed by atoms with van der Waals surface area (Å²) in [4.78, 5) is 13.6. The maximum absolute atomic E-state index is 12.4. The van der Waals surface area contributed by atoms with Crippen LogP contribution in [-0.4, -0.2) is 11.3 Å². The number of hydrogen-bond acceptors (Lipinski definition) is 2. The molecule has 0 aliphatic heterocycles. The van der Waals surface area contributed by atoms with Crippen molar-refractivity contribution in [1.82, 2.24) is 4.98 Å². The van der Waals surface area contributed by atoms with Gasteiger partial charge in [-0.25, -0.2) is 0 Å². The van der Waals surface area contributed by atoms with Crippen molar-refractivity contribution in [3.8, 4) is 5.75 Å². The summed E-state index contributed by atoms with van der Waals surface area (Å²) in [6, 6.07) is 5.78. The zero-order valence-corrected chi connectivity index (χ0v) is 10.3. The van der Waals surface area contributed by atoms with E-state index in [2.05, 4.69) is 9.72 Å². The van der Waals surface area contributed by atoms with Gasteiger partial charge in [0, 0.05) is 11.5 Å². The normalized spacial score (nSPS) is 12.1. The highest BCUT2D eigenvalue weighted by molar-refractivity contribution is 5.85. The van der Waals surface area contributed by atoms with E-state index in [-0.39, 0.29) is 17.2 Å². The fraction of sp³-hybridized carbons (Fsp3) is 0.308. The molecule has 1 heterocycles. The second-order valence-electron chi connectivity index (χ2n) is 4.51. The Balaban J connectivity index is 2.69. The SMILES string of the molecule is CC(C)c1cc(OC(F)(F)F)c2[nH]c(=O)ccc2c1. The molecule has 19 heavy (non-hydrogen) atoms. The van der Waals surface area contributed by atoms with Crippen LogP contribution in [-0.2, 0) is 0 Å². The van der Waals surface area contributed by atoms with Crippen molar-refractivity contribution < 1.29 is 17.9 Å². The molecule has 2 aromatic rings. The van der Waals surface area contributed by atoms with Gasteiger partial charge in [0.1, 0.15) is 0 Å². The molecule has 0 radical (unpaired) electrons. The Morgan fingerprint density at radius 3 is 2.47 bits per heavy atom. The highest BCUT2D eigenvalue weighted by Gasteiger charge is 2.32. The summed E-state index contributed by atoms with van der Waals surface area (Å²) in [5.41, 5.74) is 0.282. The lowest BCUT2D eigenvalue weighted by Gasteiger charge is -2.14. The zero-order valence-electron chi connectivity index (χ0n) is 10.3. The Morgan fingerprint density at radius 1 is 1.21 bits per heavy atom. The number of aromatic amines is 1. The molecule has 1 N–H and O–H groups in total. The summed E-state index contributed by atoms with van der Waals surface area (Å²) < 4.78 is 41.2. The van der Waals surface area contributed by atoms with Gasteiger partial charge in [0.05, 0.1) is 5.52 Å². The largest absolute Gasteiger partial charge is 0.573 e. The molecule has 0 spiro atoms. The van der Waals surface area contributed by atoms with E-state index in [1.54, 1.807) is 6.07 Å². The average Bonchev–Trinajstić information content (AvgIpc) is 2.27. The van der Waals surface area contributed by atoms with Crippen molar-refractivity contribution in [2.24, 2.45) is 0 Å². The predicted octanol–water partition coefficient (Wildman–Crippen LogP) is 3.55. The first-order valence-corrected chi connectivity index (χ1v) is 5.69. The lowest BCUT2D eigenvalue weighted by molar-refractivity contribution is -0.274. The molecule has 0 bridgehead atoms. The van der Waals surface area contributed by atoms with Gasteiger partial charge in [-0.15, -0.1) is 13.2 Å². The summed E-state index contributed by atoms with van der Waals surface area (Å²) >= 11 is 0. The van der Waals surface area contributed by atoms with Gasteiger partial charge in [0.15, 0.2) is 5.75 Å². The monoisotopic (exact) mass is 271 g/mol. The second-order valence-corrected chi connectivity index (χ2v) is 4.51. The third kappa shape index (κ3) is 3.07. The molecule has 6 heteroatoms. The van der Waals surface area contributed by atoms with Crippen LogP contribution in [0, 0.1) is 0 Å². The van der Waals surface area contributed by atoms with Gasteiger partial charge >= 0.3 is 6.36 Å². The van der Waals surface area contributed by atoms with Crippen LogP contribution in [0.3, 0.4) is 0 Å². The molecular weight excluding hydrogens is 259 g/mol. The van der Waals surface area contributed by atoms with E-state index in [4.69, 9.17) is 0 Å². The zero-order chi connectivity index (χ0) is 14.2. The number of pyridine rings is 1. The summed E-state index contributed by atoms with van der Waals surface area (Å²) in [6.07, 6.45) is -4.80. The average molecular weight is 271 g/mol. The molecule has 0 aliphatic carbocycles. The third-order valence-electron chi connectivity index (χ3n) is 2.71. The van der Waals surface area contributed by atoms with E-state index in [0.717, 1.165) is 0 Å². The van der Waals surface area contributed by atoms with Crippen molar-refractivity contribution >= 4 is 10.9 Å². The maximum atomic E-state index is 12.4. The van der Waals surface area contributed by atoms with E-state index in [1.165, 1.54) is 18.2 Å². The lowest BCUT2D eigenvalue weighted by Crippen LogP contribution is -2.18. The molecule has 2 rings (SSSR count). The van der Waals surface area contributed by atoms with E-state index in [0.29, 0.717) is 10.9 Å². The van der Waals surface area contributed by atoms with Gasteiger partial charge < -0.3 is 9.72 Å². The first-order valence-electron chi connectivity index (χ1n) is 5.69. The number of ether oxygens (including phenoxy) is 1. The van der Waals surface area contributed by atoms with Crippen LogP contribution in [0.2, 0.25) is 0 Å². The van der Waals surface area contributed by atoms with Crippen LogP contribution in [0.15, 0.2) is 29.1 Å². The fourth-order valence-corrected chi connectivity index (χ4v) is 1.79. The Labute approximate surface area is 107 Å². The van der Waals surface area contributed by atoms with Crippen LogP contribution in [0.25, 0.3) is 10.9 Å². The van der Waals surface area contributed by atoms with E-state index >= 15 is 0 Å². The fourth-order valence-electron chi connectivity index (χ4n) is 1.79. The highest BCUT2D eigenvalue weighted by atomic mass is 19.4. The molecule has 0 amide bonds. The first kappa shape index (κ1) is 13.5. The number of rotatable bonds is 2. The van der Waals surface area contributed by atoms with Crippen LogP contribution in [0.5, 0.6) is 5.75 Å². The van der Waals surface area contributed by atoms with Gasteiger partial charge in [-0.3, -0.25) is 4.79 Å². The van der Waals surface area contributed by atoms with Crippen molar-refractivity contribution in [1.29, 1.82) is 0 Å². The number of hydrogen-bond donors (Lipinski definition) is 1. The molecule has 102 valence electrons. The van der Waals surface area contributed by atoms with Crippen molar-refractivity contribution in [2.45, 2.75) is 26.1 Å². The number of H-pyrrole nitrogens is 1. The van der Waals surface area contributed by atoms with Crippen LogP contribution in [0.4, 0.5) is 13.2 Å². The quantitative estimate of drug-likeness (QED) is 0.907. The van der Waals surface area contributed by atoms with Crippen LogP contribution < -0.4 is 10.3 Å². The number of benzene rings is 1. The molecule has 0 unspecified atom stereocenters. The minimum Gasteiger partial charge on any atom is -0.404 e. The Kier molecular flexibility index (Phi) is 3.26. The van der Waals surface area contributed by atoms with Gasteiger partial charge in [-0.2, -0.15) is 0 Å². The number of aromatic nitrogens is 1. The summed E-state index contributed by atoms with van der Waals surface area (Å²) in [7, 11) is 0. The molecule has 1 aromatic heterocycles. The van der Waals surface area contributed by atoms with Crippen molar-refractivity contribution in [2.75, 3.05) is 0 Å². The number of halogens is 3. The molecule has 1 aromatic carbocycles. The van der Waals surface area contributed by atoms with Gasteiger partial charge in [-0.1, -0.05) is 13.8 Å². The smallest absolute Gasteiger partial charge is 0.404 e. The maximum Gasteiger partial charge on any atom is 0.573 e. The summed E-state index contributed by atoms with van der Waals surface area (Å²) in [5, 5.41) is 0.505. The molecule has 0 saturated carbocycles. The predicted molar refractivity (Wildman–Crippen MR) is 65.3 cm³/mol. The lowest BCUT2D eigenvalue weighted by atomic mass is 10.0. The Bertz CT molecular complexity index is 659. The number of nitrogens with one attached hydrogen (secondary N) is 1. The molecule has 0 aliphatic rings. The Hall–Kier alpha value is -1.98. The molecule has 0 atom stereocenters. The minimum atomic E-state index is -4.80. The van der Waals surface area contributed by atoms with Crippen molar-refractivity contribution in [3.05, 3.63) is 40.2 Å². The van der Waals surface area contributed by atoms with Gasteiger partial charge in [0.2, 0.25) is 5.56 Å². The first-order chi connectivity index (χ1) is 8.76. The number of alkyl halides is 3. The van der Waals surface area contributed by atoms with Gasteiger partial charge in [0.25, 0.3) is 0 Å². The molecular formula is C13H12F3NO2. The van der Waals surface area contributed by atoms with E-state index in [1.807, 2.05) is 13.8 Å². The molecule has 3 nitrogen and oxygen atoms in total. The standard InChI is InChI=1S/C13H12F3NO2/c1-7(2)9-5-8-3-4-11(18)17-12(8)10(6-9)19-13(14,15)16/h3-7H,1-2H3,(H,17,18). The van der Waals surface area contributed by atoms with E-state index < -0.39 is 11.9 Å². The Morgan fingerprint density at radius 2 is 1.89 bits per heavy atom. The van der Waals surface area contributed by atoms with E-state index in [9.17, 15) is 18.0 Å². The highest BCUT2D eigenvalue weighted by Crippen LogP contribution is 2.32. The number of fused-ring (bicyclic) bond motifs is 1. The summed E-state index contributed by atoms with van der Waals surface area (Å²) in [5.74, 6) is -0.335. The summed E-state index contributed by atoms with van der Waals surface area (Å²) in [6.45, 7) is 3.73. The molecule has 0 saturated heterocycles. The minimum absolute atomic E-state index is 0.0481. The third-order valence-corrected chi connectivity index (χ3v) is 2.71. The van der Waals surface area contributed by atoms with Gasteiger partial charge in [-0.05, 0) is 29.7 Å². The van der Waals surface area contributed by atoms with Crippen molar-refractivity contribution in [3.63, 3.8) is 0 Å². The topological polar surface area (TPSA) is 42.1 Å². The molecule has 0 fully saturated rings. The van der Waals surface area contributed by atoms with Crippen LogP contribution >= 0.6 is 0 Å².